The minimum Gasteiger partial charge on any atom is -0.444 e. The third kappa shape index (κ3) is 3.94. The van der Waals surface area contributed by atoms with Crippen LogP contribution >= 0.6 is 0 Å². The van der Waals surface area contributed by atoms with E-state index in [4.69, 9.17) is 9.47 Å². The van der Waals surface area contributed by atoms with E-state index in [1.165, 1.54) is 0 Å². The minimum atomic E-state index is -0.743. The van der Waals surface area contributed by atoms with Crippen LogP contribution in [-0.2, 0) is 9.47 Å². The van der Waals surface area contributed by atoms with Crippen LogP contribution in [-0.4, -0.2) is 28.4 Å². The molecule has 0 bridgehead atoms. The summed E-state index contributed by atoms with van der Waals surface area (Å²) in [6, 6.07) is 9.78. The van der Waals surface area contributed by atoms with Gasteiger partial charge in [-0.15, -0.1) is 0 Å². The third-order valence-corrected chi connectivity index (χ3v) is 3.71. The second kappa shape index (κ2) is 6.36. The summed E-state index contributed by atoms with van der Waals surface area (Å²) in [5, 5.41) is 0. The van der Waals surface area contributed by atoms with E-state index in [0.29, 0.717) is 0 Å². The van der Waals surface area contributed by atoms with Gasteiger partial charge in [0.05, 0.1) is 6.04 Å². The molecule has 2 rings (SSSR count). The van der Waals surface area contributed by atoms with E-state index in [-0.39, 0.29) is 18.2 Å². The number of hydrogen-bond donors (Lipinski definition) is 0. The van der Waals surface area contributed by atoms with Gasteiger partial charge in [-0.1, -0.05) is 42.5 Å². The van der Waals surface area contributed by atoms with Crippen molar-refractivity contribution in [2.75, 3.05) is 0 Å². The van der Waals surface area contributed by atoms with Crippen molar-refractivity contribution in [3.63, 3.8) is 0 Å². The average Bonchev–Trinajstić information content (AvgIpc) is 2.69. The summed E-state index contributed by atoms with van der Waals surface area (Å²) in [5.41, 5.74) is -0.236. The van der Waals surface area contributed by atoms with Gasteiger partial charge < -0.3 is 9.47 Å². The lowest BCUT2D eigenvalue weighted by Gasteiger charge is -2.34. The van der Waals surface area contributed by atoms with Crippen LogP contribution < -0.4 is 0 Å². The molecule has 1 fully saturated rings. The van der Waals surface area contributed by atoms with Crippen LogP contribution in [0.2, 0.25) is 0 Å². The van der Waals surface area contributed by atoms with Crippen LogP contribution in [0, 0.1) is 0 Å². The molecule has 0 radical (unpaired) electrons. The van der Waals surface area contributed by atoms with E-state index in [0.717, 1.165) is 5.56 Å². The Hall–Kier alpha value is -1.81. The van der Waals surface area contributed by atoms with Crippen LogP contribution in [0.4, 0.5) is 4.79 Å². The van der Waals surface area contributed by atoms with Crippen molar-refractivity contribution >= 4 is 6.09 Å². The topological polar surface area (TPSA) is 38.8 Å². The quantitative estimate of drug-likeness (QED) is 0.744. The molecular weight excluding hydrogens is 290 g/mol. The lowest BCUT2D eigenvalue weighted by molar-refractivity contribution is -0.0793. The Morgan fingerprint density at radius 3 is 2.39 bits per heavy atom. The van der Waals surface area contributed by atoms with Crippen LogP contribution in [0.1, 0.15) is 53.2 Å². The van der Waals surface area contributed by atoms with Gasteiger partial charge in [0.2, 0.25) is 0 Å². The summed E-state index contributed by atoms with van der Waals surface area (Å²) in [6.07, 6.45) is 3.37. The van der Waals surface area contributed by atoms with Gasteiger partial charge in [0.15, 0.2) is 0 Å². The van der Waals surface area contributed by atoms with Gasteiger partial charge in [-0.25, -0.2) is 4.79 Å². The van der Waals surface area contributed by atoms with Gasteiger partial charge in [-0.3, -0.25) is 4.90 Å². The molecule has 1 aromatic rings. The number of nitrogens with zero attached hydrogens (tertiary/aromatic N) is 1. The van der Waals surface area contributed by atoms with Crippen molar-refractivity contribution in [3.05, 3.63) is 48.0 Å². The van der Waals surface area contributed by atoms with Crippen LogP contribution in [0.5, 0.6) is 0 Å². The zero-order valence-electron chi connectivity index (χ0n) is 14.9. The van der Waals surface area contributed by atoms with Crippen LogP contribution in [0.3, 0.4) is 0 Å². The largest absolute Gasteiger partial charge is 0.444 e. The van der Waals surface area contributed by atoms with Gasteiger partial charge >= 0.3 is 6.09 Å². The predicted octanol–water partition coefficient (Wildman–Crippen LogP) is 4.68. The van der Waals surface area contributed by atoms with Crippen molar-refractivity contribution in [1.29, 1.82) is 0 Å². The molecule has 0 aliphatic carbocycles. The zero-order chi connectivity index (χ0) is 17.3. The first kappa shape index (κ1) is 17.5. The van der Waals surface area contributed by atoms with E-state index in [9.17, 15) is 4.79 Å². The van der Waals surface area contributed by atoms with Crippen molar-refractivity contribution in [2.24, 2.45) is 0 Å². The molecule has 1 heterocycles. The lowest BCUT2D eigenvalue weighted by Crippen LogP contribution is -2.49. The number of hydrogen-bond acceptors (Lipinski definition) is 3. The molecule has 0 spiro atoms. The SMILES string of the molecule is CC=CC1C(c2ccccc2)OC(C)(C)N1C(=O)OC(C)(C)C. The number of allylic oxidation sites excluding steroid dienone is 1. The van der Waals surface area contributed by atoms with Crippen molar-refractivity contribution in [2.45, 2.75) is 65.0 Å². The summed E-state index contributed by atoms with van der Waals surface area (Å²) in [5.74, 6) is 0. The highest BCUT2D eigenvalue weighted by atomic mass is 16.6. The van der Waals surface area contributed by atoms with E-state index in [2.05, 4.69) is 0 Å². The highest BCUT2D eigenvalue weighted by Crippen LogP contribution is 2.42. The number of benzene rings is 1. The highest BCUT2D eigenvalue weighted by Gasteiger charge is 2.50. The summed E-state index contributed by atoms with van der Waals surface area (Å²) >= 11 is 0. The van der Waals surface area contributed by atoms with Gasteiger partial charge in [0.25, 0.3) is 0 Å². The summed E-state index contributed by atoms with van der Waals surface area (Å²) < 4.78 is 11.8. The molecule has 0 N–H and O–H groups in total. The molecule has 4 nitrogen and oxygen atoms in total. The van der Waals surface area contributed by atoms with Crippen LogP contribution in [0.25, 0.3) is 0 Å². The molecule has 1 saturated heterocycles. The summed E-state index contributed by atoms with van der Waals surface area (Å²) in [6.45, 7) is 11.4. The third-order valence-electron chi connectivity index (χ3n) is 3.71. The predicted molar refractivity (Wildman–Crippen MR) is 91.0 cm³/mol. The van der Waals surface area contributed by atoms with Crippen LogP contribution in [0.15, 0.2) is 42.5 Å². The first-order valence-corrected chi connectivity index (χ1v) is 8.03. The highest BCUT2D eigenvalue weighted by molar-refractivity contribution is 5.70. The van der Waals surface area contributed by atoms with E-state index in [1.54, 1.807) is 4.90 Å². The number of amides is 1. The smallest absolute Gasteiger partial charge is 0.413 e. The molecular formula is C19H27NO3. The number of carbonyl (C=O) groups is 1. The van der Waals surface area contributed by atoms with Crippen molar-refractivity contribution < 1.29 is 14.3 Å². The molecule has 1 aliphatic heterocycles. The molecule has 0 aromatic heterocycles. The Morgan fingerprint density at radius 2 is 1.87 bits per heavy atom. The number of ether oxygens (including phenoxy) is 2. The van der Waals surface area contributed by atoms with Gasteiger partial charge in [0.1, 0.15) is 17.4 Å². The first-order chi connectivity index (χ1) is 10.7. The van der Waals surface area contributed by atoms with Crippen molar-refractivity contribution in [3.8, 4) is 0 Å². The Morgan fingerprint density at radius 1 is 1.26 bits per heavy atom. The monoisotopic (exact) mass is 317 g/mol. The fraction of sp³-hybridized carbons (Fsp3) is 0.526. The molecule has 1 amide bonds. The Kier molecular flexibility index (Phi) is 4.85. The molecule has 126 valence electrons. The molecule has 2 unspecified atom stereocenters. The zero-order valence-corrected chi connectivity index (χ0v) is 14.9. The molecule has 1 aliphatic rings. The minimum absolute atomic E-state index is 0.202. The fourth-order valence-electron chi connectivity index (χ4n) is 2.88. The maximum atomic E-state index is 12.7. The maximum Gasteiger partial charge on any atom is 0.413 e. The molecule has 0 saturated carbocycles. The summed E-state index contributed by atoms with van der Waals surface area (Å²) in [7, 11) is 0. The fourth-order valence-corrected chi connectivity index (χ4v) is 2.88. The Bertz CT molecular complexity index is 572. The second-order valence-corrected chi connectivity index (χ2v) is 7.26. The van der Waals surface area contributed by atoms with E-state index in [1.807, 2.05) is 84.0 Å². The van der Waals surface area contributed by atoms with Gasteiger partial charge in [0, 0.05) is 0 Å². The lowest BCUT2D eigenvalue weighted by atomic mass is 10.0. The normalized spacial score (nSPS) is 24.2. The number of carbonyl (C=O) groups excluding carboxylic acids is 1. The Balaban J connectivity index is 2.38. The number of rotatable bonds is 2. The van der Waals surface area contributed by atoms with Gasteiger partial charge in [-0.2, -0.15) is 0 Å². The molecule has 4 heteroatoms. The van der Waals surface area contributed by atoms with E-state index < -0.39 is 11.3 Å². The Labute approximate surface area is 139 Å². The standard InChI is InChI=1S/C19H27NO3/c1-7-11-15-16(14-12-9-8-10-13-14)22-19(5,6)20(15)17(21)23-18(2,3)4/h7-13,15-16H,1-6H3. The average molecular weight is 317 g/mol. The second-order valence-electron chi connectivity index (χ2n) is 7.26. The van der Waals surface area contributed by atoms with Crippen molar-refractivity contribution in [1.82, 2.24) is 4.90 Å². The molecule has 1 aromatic carbocycles. The van der Waals surface area contributed by atoms with Gasteiger partial charge in [-0.05, 0) is 47.1 Å². The first-order valence-electron chi connectivity index (χ1n) is 8.03. The maximum absolute atomic E-state index is 12.7. The summed E-state index contributed by atoms with van der Waals surface area (Å²) in [4.78, 5) is 14.4. The van der Waals surface area contributed by atoms with E-state index >= 15 is 0 Å². The molecule has 2 atom stereocenters. The molecule has 23 heavy (non-hydrogen) atoms.